The third-order valence-corrected chi connectivity index (χ3v) is 5.98. The summed E-state index contributed by atoms with van der Waals surface area (Å²) in [5.41, 5.74) is 10.1. The van der Waals surface area contributed by atoms with Crippen molar-refractivity contribution < 1.29 is 9.50 Å². The van der Waals surface area contributed by atoms with Crippen LogP contribution in [-0.4, -0.2) is 24.9 Å². The van der Waals surface area contributed by atoms with Gasteiger partial charge in [0.15, 0.2) is 5.65 Å². The Kier molecular flexibility index (Phi) is 3.83. The second-order valence-corrected chi connectivity index (χ2v) is 7.59. The van der Waals surface area contributed by atoms with Gasteiger partial charge in [0.05, 0.1) is 15.9 Å². The van der Waals surface area contributed by atoms with E-state index in [2.05, 4.69) is 38.0 Å². The second kappa shape index (κ2) is 6.27. The number of halogens is 2. The molecule has 0 radical (unpaired) electrons. The zero-order valence-corrected chi connectivity index (χ0v) is 16.2. The first-order valence-corrected chi connectivity index (χ1v) is 9.58. The molecule has 0 spiro atoms. The van der Waals surface area contributed by atoms with Crippen molar-refractivity contribution in [3.8, 4) is 17.0 Å². The summed E-state index contributed by atoms with van der Waals surface area (Å²) in [6.45, 7) is 0. The molecule has 2 heterocycles. The Morgan fingerprint density at radius 3 is 2.86 bits per heavy atom. The van der Waals surface area contributed by atoms with Gasteiger partial charge in [-0.25, -0.2) is 19.0 Å². The van der Waals surface area contributed by atoms with Gasteiger partial charge >= 0.3 is 0 Å². The predicted molar refractivity (Wildman–Crippen MR) is 107 cm³/mol. The molecule has 1 aliphatic carbocycles. The lowest BCUT2D eigenvalue weighted by Crippen LogP contribution is -2.10. The Hall–Kier alpha value is -3.00. The van der Waals surface area contributed by atoms with Gasteiger partial charge in [-0.15, -0.1) is 0 Å². The van der Waals surface area contributed by atoms with Crippen LogP contribution in [0, 0.1) is 5.82 Å². The molecule has 0 fully saturated rings. The van der Waals surface area contributed by atoms with Crippen LogP contribution in [0.15, 0.2) is 47.2 Å². The van der Waals surface area contributed by atoms with Crippen LogP contribution in [0.5, 0.6) is 5.75 Å². The van der Waals surface area contributed by atoms with Crippen LogP contribution in [0.1, 0.15) is 23.6 Å². The van der Waals surface area contributed by atoms with Crippen molar-refractivity contribution in [1.29, 1.82) is 0 Å². The summed E-state index contributed by atoms with van der Waals surface area (Å²) in [6.07, 6.45) is 3.24. The van der Waals surface area contributed by atoms with E-state index in [1.165, 1.54) is 29.6 Å². The van der Waals surface area contributed by atoms with Crippen molar-refractivity contribution in [3.05, 3.63) is 64.1 Å². The number of anilines is 1. The molecule has 1 atom stereocenters. The molecule has 0 amide bonds. The average molecular weight is 440 g/mol. The summed E-state index contributed by atoms with van der Waals surface area (Å²) in [6, 6.07) is 11.0. The van der Waals surface area contributed by atoms with Gasteiger partial charge in [-0.2, -0.15) is 5.10 Å². The fourth-order valence-electron chi connectivity index (χ4n) is 3.91. The Morgan fingerprint density at radius 1 is 1.21 bits per heavy atom. The lowest BCUT2D eigenvalue weighted by molar-refractivity contribution is 0.464. The second-order valence-electron chi connectivity index (χ2n) is 6.80. The van der Waals surface area contributed by atoms with Gasteiger partial charge in [-0.3, -0.25) is 0 Å². The largest absolute Gasteiger partial charge is 0.507 e. The number of aryl methyl sites for hydroxylation is 1. The van der Waals surface area contributed by atoms with E-state index < -0.39 is 5.82 Å². The number of nitrogens with zero attached hydrogens (tertiary/aromatic N) is 4. The van der Waals surface area contributed by atoms with E-state index in [9.17, 15) is 9.50 Å². The van der Waals surface area contributed by atoms with Crippen LogP contribution in [0.4, 0.5) is 10.2 Å². The van der Waals surface area contributed by atoms with E-state index in [4.69, 9.17) is 10.8 Å². The van der Waals surface area contributed by atoms with Crippen molar-refractivity contribution in [2.24, 2.45) is 0 Å². The summed E-state index contributed by atoms with van der Waals surface area (Å²) in [7, 11) is 0. The molecule has 140 valence electrons. The highest BCUT2D eigenvalue weighted by atomic mass is 79.9. The molecular weight excluding hydrogens is 425 g/mol. The van der Waals surface area contributed by atoms with Gasteiger partial charge < -0.3 is 10.8 Å². The smallest absolute Gasteiger partial charge is 0.164 e. The Balaban J connectivity index is 1.77. The number of phenolic OH excluding ortho intramolecular Hbond substituents is 1. The average Bonchev–Trinajstić information content (AvgIpc) is 3.28. The first kappa shape index (κ1) is 17.1. The zero-order chi connectivity index (χ0) is 19.4. The zero-order valence-electron chi connectivity index (χ0n) is 14.6. The van der Waals surface area contributed by atoms with E-state index in [1.54, 1.807) is 0 Å². The Bertz CT molecular complexity index is 1220. The molecule has 0 saturated carbocycles. The molecule has 4 aromatic rings. The monoisotopic (exact) mass is 439 g/mol. The number of nitrogens with two attached hydrogens (primary N) is 1. The molecule has 5 rings (SSSR count). The maximum absolute atomic E-state index is 14.2. The summed E-state index contributed by atoms with van der Waals surface area (Å²) in [4.78, 5) is 8.50. The summed E-state index contributed by atoms with van der Waals surface area (Å²) in [5, 5.41) is 15.4. The van der Waals surface area contributed by atoms with E-state index >= 15 is 0 Å². The number of aromatic hydroxyl groups is 1. The van der Waals surface area contributed by atoms with Crippen LogP contribution in [0.25, 0.3) is 22.3 Å². The normalized spacial score (nSPS) is 15.9. The number of nitrogen functional groups attached to an aromatic ring is 1. The molecule has 28 heavy (non-hydrogen) atoms. The number of hydrogen-bond donors (Lipinski definition) is 2. The quantitative estimate of drug-likeness (QED) is 0.487. The summed E-state index contributed by atoms with van der Waals surface area (Å²) < 4.78 is 16.1. The third kappa shape index (κ3) is 2.48. The van der Waals surface area contributed by atoms with Crippen LogP contribution >= 0.6 is 15.9 Å². The predicted octanol–water partition coefficient (Wildman–Crippen LogP) is 4.22. The van der Waals surface area contributed by atoms with Gasteiger partial charge in [-0.05, 0) is 52.0 Å². The Morgan fingerprint density at radius 2 is 2.04 bits per heavy atom. The lowest BCUT2D eigenvalue weighted by Gasteiger charge is -2.13. The fraction of sp³-hybridized carbons (Fsp3) is 0.150. The van der Waals surface area contributed by atoms with Crippen LogP contribution in [0.2, 0.25) is 0 Å². The molecule has 2 aromatic heterocycles. The highest BCUT2D eigenvalue weighted by Gasteiger charge is 2.28. The van der Waals surface area contributed by atoms with Crippen molar-refractivity contribution in [2.45, 2.75) is 18.9 Å². The third-order valence-electron chi connectivity index (χ3n) is 5.20. The van der Waals surface area contributed by atoms with Crippen LogP contribution in [-0.2, 0) is 6.42 Å². The topological polar surface area (TPSA) is 89.8 Å². The minimum atomic E-state index is -0.584. The van der Waals surface area contributed by atoms with Crippen molar-refractivity contribution in [2.75, 3.05) is 5.73 Å². The molecule has 0 unspecified atom stereocenters. The minimum absolute atomic E-state index is 0.00827. The van der Waals surface area contributed by atoms with Gasteiger partial charge in [0, 0.05) is 5.56 Å². The van der Waals surface area contributed by atoms with Crippen molar-refractivity contribution in [1.82, 2.24) is 19.7 Å². The maximum atomic E-state index is 14.2. The standard InChI is InChI=1S/C20H15BrFN5O/c21-17-13(22)7-11(8-15(17)28)18-16-19(23)24-9-25-20(16)27(26-18)14-6-5-10-3-1-2-4-12(10)14/h1-4,7-9,14,28H,5-6H2,(H2,23,24,25)/t14-/m0/s1. The van der Waals surface area contributed by atoms with Gasteiger partial charge in [0.25, 0.3) is 0 Å². The first-order valence-electron chi connectivity index (χ1n) is 8.79. The molecule has 2 aromatic carbocycles. The van der Waals surface area contributed by atoms with Crippen LogP contribution in [0.3, 0.4) is 0 Å². The minimum Gasteiger partial charge on any atom is -0.507 e. The maximum Gasteiger partial charge on any atom is 0.164 e. The van der Waals surface area contributed by atoms with Gasteiger partial charge in [0.2, 0.25) is 0 Å². The molecule has 0 saturated heterocycles. The van der Waals surface area contributed by atoms with Crippen molar-refractivity contribution >= 4 is 32.8 Å². The van der Waals surface area contributed by atoms with E-state index in [1.807, 2.05) is 16.8 Å². The number of benzene rings is 2. The number of aromatic nitrogens is 4. The number of rotatable bonds is 2. The number of fused-ring (bicyclic) bond motifs is 2. The van der Waals surface area contributed by atoms with E-state index in [0.717, 1.165) is 12.8 Å². The molecule has 8 heteroatoms. The number of phenols is 1. The fourth-order valence-corrected chi connectivity index (χ4v) is 4.14. The lowest BCUT2D eigenvalue weighted by atomic mass is 10.1. The van der Waals surface area contributed by atoms with Crippen molar-refractivity contribution in [3.63, 3.8) is 0 Å². The van der Waals surface area contributed by atoms with Crippen LogP contribution < -0.4 is 5.73 Å². The van der Waals surface area contributed by atoms with E-state index in [-0.39, 0.29) is 22.1 Å². The van der Waals surface area contributed by atoms with Gasteiger partial charge in [-0.1, -0.05) is 24.3 Å². The summed E-state index contributed by atoms with van der Waals surface area (Å²) >= 11 is 3.03. The highest BCUT2D eigenvalue weighted by molar-refractivity contribution is 9.10. The molecule has 6 nitrogen and oxygen atoms in total. The molecule has 3 N–H and O–H groups in total. The Labute approximate surface area is 168 Å². The van der Waals surface area contributed by atoms with E-state index in [0.29, 0.717) is 22.3 Å². The molecular formula is C20H15BrFN5O. The van der Waals surface area contributed by atoms with Gasteiger partial charge in [0.1, 0.15) is 29.4 Å². The molecule has 1 aliphatic rings. The highest BCUT2D eigenvalue weighted by Crippen LogP contribution is 2.40. The molecule has 0 aliphatic heterocycles. The SMILES string of the molecule is Nc1ncnc2c1c(-c1cc(O)c(Br)c(F)c1)nn2[C@H]1CCc2ccccc21. The molecule has 0 bridgehead atoms. The summed E-state index contributed by atoms with van der Waals surface area (Å²) in [5.74, 6) is -0.529. The first-order chi connectivity index (χ1) is 13.5. The number of hydrogen-bond acceptors (Lipinski definition) is 5.